The van der Waals surface area contributed by atoms with Crippen molar-refractivity contribution in [2.75, 3.05) is 20.0 Å². The summed E-state index contributed by atoms with van der Waals surface area (Å²) in [7, 11) is 0. The lowest BCUT2D eigenvalue weighted by molar-refractivity contribution is 0.00482. The first kappa shape index (κ1) is 8.84. The van der Waals surface area contributed by atoms with Crippen molar-refractivity contribution >= 4 is 0 Å². The maximum Gasteiger partial charge on any atom is 0.0976 e. The molecule has 0 saturated heterocycles. The Balaban J connectivity index is 3.50. The van der Waals surface area contributed by atoms with Gasteiger partial charge in [0.05, 0.1) is 13.5 Å². The molecule has 4 heteroatoms. The van der Waals surface area contributed by atoms with Crippen LogP contribution in [0.3, 0.4) is 0 Å². The minimum Gasteiger partial charge on any atom is -0.381 e. The van der Waals surface area contributed by atoms with E-state index in [9.17, 15) is 0 Å². The van der Waals surface area contributed by atoms with Crippen molar-refractivity contribution in [3.05, 3.63) is 0 Å². The SMILES string of the molecule is CC(CN)N(CO)CO. The van der Waals surface area contributed by atoms with Crippen LogP contribution in [-0.4, -0.2) is 41.2 Å². The lowest BCUT2D eigenvalue weighted by Crippen LogP contribution is -2.39. The highest BCUT2D eigenvalue weighted by molar-refractivity contribution is 4.60. The standard InChI is InChI=1S/C5H14N2O2/c1-5(2-6)7(3-8)4-9/h5,8-9H,2-4,6H2,1H3. The average Bonchev–Trinajstić information content (AvgIpc) is 1.90. The summed E-state index contributed by atoms with van der Waals surface area (Å²) in [5, 5.41) is 17.1. The molecule has 0 saturated carbocycles. The van der Waals surface area contributed by atoms with Crippen LogP contribution in [0, 0.1) is 0 Å². The first-order chi connectivity index (χ1) is 4.26. The van der Waals surface area contributed by atoms with Crippen LogP contribution in [0.4, 0.5) is 0 Å². The van der Waals surface area contributed by atoms with Crippen molar-refractivity contribution < 1.29 is 10.2 Å². The van der Waals surface area contributed by atoms with Crippen LogP contribution >= 0.6 is 0 Å². The topological polar surface area (TPSA) is 69.7 Å². The third kappa shape index (κ3) is 2.76. The zero-order chi connectivity index (χ0) is 7.28. The molecule has 4 nitrogen and oxygen atoms in total. The van der Waals surface area contributed by atoms with Gasteiger partial charge < -0.3 is 15.9 Å². The maximum atomic E-state index is 8.54. The smallest absolute Gasteiger partial charge is 0.0976 e. The molecule has 1 unspecified atom stereocenters. The molecule has 0 aromatic carbocycles. The number of aliphatic hydroxyl groups is 2. The quantitative estimate of drug-likeness (QED) is 0.411. The number of nitrogens with zero attached hydrogens (tertiary/aromatic N) is 1. The van der Waals surface area contributed by atoms with E-state index in [1.54, 1.807) is 0 Å². The fourth-order valence-corrected chi connectivity index (χ4v) is 0.473. The minimum atomic E-state index is -0.144. The Bertz CT molecular complexity index is 66.0. The van der Waals surface area contributed by atoms with Crippen LogP contribution in [0.15, 0.2) is 0 Å². The van der Waals surface area contributed by atoms with E-state index in [4.69, 9.17) is 15.9 Å². The van der Waals surface area contributed by atoms with Gasteiger partial charge in [0.25, 0.3) is 0 Å². The minimum absolute atomic E-state index is 0.0417. The highest BCUT2D eigenvalue weighted by Crippen LogP contribution is 1.91. The Hall–Kier alpha value is -0.160. The molecule has 0 aliphatic carbocycles. The van der Waals surface area contributed by atoms with Gasteiger partial charge in [-0.3, -0.25) is 4.90 Å². The van der Waals surface area contributed by atoms with Gasteiger partial charge in [0.15, 0.2) is 0 Å². The van der Waals surface area contributed by atoms with Gasteiger partial charge in [0.2, 0.25) is 0 Å². The van der Waals surface area contributed by atoms with E-state index in [2.05, 4.69) is 0 Å². The van der Waals surface area contributed by atoms with Gasteiger partial charge in [0.1, 0.15) is 0 Å². The van der Waals surface area contributed by atoms with Gasteiger partial charge in [-0.15, -0.1) is 0 Å². The molecule has 9 heavy (non-hydrogen) atoms. The predicted octanol–water partition coefficient (Wildman–Crippen LogP) is -1.46. The van der Waals surface area contributed by atoms with E-state index in [1.807, 2.05) is 6.92 Å². The molecule has 4 N–H and O–H groups in total. The molecule has 0 rings (SSSR count). The maximum absolute atomic E-state index is 8.54. The summed E-state index contributed by atoms with van der Waals surface area (Å²) in [5.74, 6) is 0. The molecule has 0 heterocycles. The van der Waals surface area contributed by atoms with Gasteiger partial charge >= 0.3 is 0 Å². The van der Waals surface area contributed by atoms with Crippen molar-refractivity contribution in [2.45, 2.75) is 13.0 Å². The second kappa shape index (κ2) is 4.69. The molecule has 0 fully saturated rings. The summed E-state index contributed by atoms with van der Waals surface area (Å²) in [6.07, 6.45) is 0. The van der Waals surface area contributed by atoms with E-state index >= 15 is 0 Å². The van der Waals surface area contributed by atoms with Crippen LogP contribution in [0.5, 0.6) is 0 Å². The Morgan fingerprint density at radius 2 is 1.89 bits per heavy atom. The van der Waals surface area contributed by atoms with Crippen LogP contribution in [0.25, 0.3) is 0 Å². The monoisotopic (exact) mass is 134 g/mol. The largest absolute Gasteiger partial charge is 0.381 e. The van der Waals surface area contributed by atoms with E-state index in [0.29, 0.717) is 6.54 Å². The van der Waals surface area contributed by atoms with Crippen LogP contribution in [0.1, 0.15) is 6.92 Å². The second-order valence-corrected chi connectivity index (χ2v) is 1.96. The van der Waals surface area contributed by atoms with Crippen LogP contribution in [0.2, 0.25) is 0 Å². The second-order valence-electron chi connectivity index (χ2n) is 1.96. The van der Waals surface area contributed by atoms with Gasteiger partial charge in [-0.05, 0) is 6.92 Å². The summed E-state index contributed by atoms with van der Waals surface area (Å²) in [6.45, 7) is 2.00. The van der Waals surface area contributed by atoms with Gasteiger partial charge in [-0.25, -0.2) is 0 Å². The molecule has 1 atom stereocenters. The Morgan fingerprint density at radius 1 is 1.44 bits per heavy atom. The summed E-state index contributed by atoms with van der Waals surface area (Å²) in [4.78, 5) is 1.46. The van der Waals surface area contributed by atoms with E-state index in [1.165, 1.54) is 4.90 Å². The predicted molar refractivity (Wildman–Crippen MR) is 34.5 cm³/mol. The average molecular weight is 134 g/mol. The Morgan fingerprint density at radius 3 is 2.00 bits per heavy atom. The molecular weight excluding hydrogens is 120 g/mol. The van der Waals surface area contributed by atoms with E-state index in [-0.39, 0.29) is 19.5 Å². The summed E-state index contributed by atoms with van der Waals surface area (Å²) in [5.41, 5.74) is 5.26. The lowest BCUT2D eigenvalue weighted by atomic mass is 10.3. The molecule has 56 valence electrons. The molecule has 0 aromatic rings. The summed E-state index contributed by atoms with van der Waals surface area (Å²) in [6, 6.07) is 0.0417. The normalized spacial score (nSPS) is 14.3. The molecule has 0 amide bonds. The number of hydrogen-bond acceptors (Lipinski definition) is 4. The van der Waals surface area contributed by atoms with E-state index < -0.39 is 0 Å². The Kier molecular flexibility index (Phi) is 4.61. The zero-order valence-electron chi connectivity index (χ0n) is 5.62. The fraction of sp³-hybridized carbons (Fsp3) is 1.00. The number of aliphatic hydroxyl groups excluding tert-OH is 2. The summed E-state index contributed by atoms with van der Waals surface area (Å²) >= 11 is 0. The first-order valence-electron chi connectivity index (χ1n) is 2.92. The summed E-state index contributed by atoms with van der Waals surface area (Å²) < 4.78 is 0. The number of nitrogens with two attached hydrogens (primary N) is 1. The fourth-order valence-electron chi connectivity index (χ4n) is 0.473. The number of rotatable bonds is 4. The third-order valence-corrected chi connectivity index (χ3v) is 1.33. The molecule has 0 bridgehead atoms. The van der Waals surface area contributed by atoms with E-state index in [0.717, 1.165) is 0 Å². The van der Waals surface area contributed by atoms with Crippen molar-refractivity contribution in [2.24, 2.45) is 5.73 Å². The van der Waals surface area contributed by atoms with Crippen molar-refractivity contribution in [1.29, 1.82) is 0 Å². The molecule has 0 aliphatic rings. The molecule has 0 aromatic heterocycles. The number of hydrogen-bond donors (Lipinski definition) is 3. The van der Waals surface area contributed by atoms with Crippen LogP contribution in [-0.2, 0) is 0 Å². The third-order valence-electron chi connectivity index (χ3n) is 1.33. The molecule has 0 radical (unpaired) electrons. The molecule has 0 aliphatic heterocycles. The van der Waals surface area contributed by atoms with Crippen molar-refractivity contribution in [1.82, 2.24) is 4.90 Å². The first-order valence-corrected chi connectivity index (χ1v) is 2.92. The lowest BCUT2D eigenvalue weighted by Gasteiger charge is -2.22. The molecule has 0 spiro atoms. The van der Waals surface area contributed by atoms with Gasteiger partial charge in [-0.1, -0.05) is 0 Å². The van der Waals surface area contributed by atoms with Crippen LogP contribution < -0.4 is 5.73 Å². The van der Waals surface area contributed by atoms with Gasteiger partial charge in [0, 0.05) is 12.6 Å². The molecular formula is C5H14N2O2. The van der Waals surface area contributed by atoms with Crippen molar-refractivity contribution in [3.63, 3.8) is 0 Å². The van der Waals surface area contributed by atoms with Gasteiger partial charge in [-0.2, -0.15) is 0 Å². The van der Waals surface area contributed by atoms with Crippen molar-refractivity contribution in [3.8, 4) is 0 Å². The Labute approximate surface area is 54.9 Å². The zero-order valence-corrected chi connectivity index (χ0v) is 5.62. The highest BCUT2D eigenvalue weighted by Gasteiger charge is 2.07. The highest BCUT2D eigenvalue weighted by atomic mass is 16.3.